The van der Waals surface area contributed by atoms with E-state index in [9.17, 15) is 13.2 Å². The molecule has 0 radical (unpaired) electrons. The number of carbonyl (C=O) groups excluding carboxylic acids is 1. The van der Waals surface area contributed by atoms with Crippen LogP contribution in [0.1, 0.15) is 21.5 Å². The summed E-state index contributed by atoms with van der Waals surface area (Å²) in [6.45, 7) is 2.98. The molecular weight excluding hydrogens is 412 g/mol. The van der Waals surface area contributed by atoms with Crippen LogP contribution in [0.3, 0.4) is 0 Å². The van der Waals surface area contributed by atoms with E-state index >= 15 is 0 Å². The third kappa shape index (κ3) is 4.41. The van der Waals surface area contributed by atoms with Crippen molar-refractivity contribution in [1.82, 2.24) is 5.32 Å². The molecule has 0 spiro atoms. The zero-order valence-corrected chi connectivity index (χ0v) is 18.1. The molecule has 7 heteroatoms. The third-order valence-electron chi connectivity index (χ3n) is 5.27. The molecule has 1 aliphatic rings. The van der Waals surface area contributed by atoms with Crippen molar-refractivity contribution >= 4 is 21.6 Å². The average molecular weight is 437 g/mol. The quantitative estimate of drug-likeness (QED) is 0.575. The summed E-state index contributed by atoms with van der Waals surface area (Å²) < 4.78 is 33.5. The van der Waals surface area contributed by atoms with Crippen LogP contribution in [0.5, 0.6) is 5.75 Å². The first-order chi connectivity index (χ1) is 15.0. The number of nitrogens with zero attached hydrogens (tertiary/aromatic N) is 1. The molecule has 4 rings (SSSR count). The molecule has 0 atom stereocenters. The molecule has 160 valence electrons. The number of aryl methyl sites for hydroxylation is 1. The van der Waals surface area contributed by atoms with Crippen LogP contribution in [0.25, 0.3) is 0 Å². The monoisotopic (exact) mass is 436 g/mol. The first kappa shape index (κ1) is 20.9. The summed E-state index contributed by atoms with van der Waals surface area (Å²) in [4.78, 5) is 12.7. The first-order valence-corrected chi connectivity index (χ1v) is 11.6. The van der Waals surface area contributed by atoms with Crippen LogP contribution in [0, 0.1) is 6.92 Å². The number of amides is 1. The molecule has 1 amide bonds. The summed E-state index contributed by atoms with van der Waals surface area (Å²) in [5.41, 5.74) is 3.03. The van der Waals surface area contributed by atoms with E-state index in [1.165, 1.54) is 16.4 Å². The van der Waals surface area contributed by atoms with E-state index in [1.54, 1.807) is 12.1 Å². The number of para-hydroxylation sites is 2. The average Bonchev–Trinajstić information content (AvgIpc) is 3.23. The molecular formula is C24H24N2O4S. The topological polar surface area (TPSA) is 75.7 Å². The number of anilines is 1. The molecule has 0 fully saturated rings. The molecule has 0 bridgehead atoms. The van der Waals surface area contributed by atoms with Crippen LogP contribution >= 0.6 is 0 Å². The molecule has 1 N–H and O–H groups in total. The Balaban J connectivity index is 1.42. The van der Waals surface area contributed by atoms with Crippen LogP contribution in [-0.2, 0) is 16.4 Å². The largest absolute Gasteiger partial charge is 0.491 e. The minimum Gasteiger partial charge on any atom is -0.491 e. The van der Waals surface area contributed by atoms with Gasteiger partial charge in [0.05, 0.1) is 17.1 Å². The van der Waals surface area contributed by atoms with Gasteiger partial charge in [-0.15, -0.1) is 0 Å². The lowest BCUT2D eigenvalue weighted by molar-refractivity contribution is 0.0946. The van der Waals surface area contributed by atoms with Crippen molar-refractivity contribution in [3.05, 3.63) is 89.5 Å². The fourth-order valence-corrected chi connectivity index (χ4v) is 5.18. The second-order valence-electron chi connectivity index (χ2n) is 7.35. The summed E-state index contributed by atoms with van der Waals surface area (Å²) in [6, 6.07) is 21.3. The van der Waals surface area contributed by atoms with Crippen molar-refractivity contribution in [2.45, 2.75) is 18.2 Å². The van der Waals surface area contributed by atoms with Crippen molar-refractivity contribution in [2.75, 3.05) is 24.0 Å². The Kier molecular flexibility index (Phi) is 5.95. The number of ether oxygens (including phenoxy) is 1. The van der Waals surface area contributed by atoms with Gasteiger partial charge in [0.2, 0.25) is 0 Å². The summed E-state index contributed by atoms with van der Waals surface area (Å²) in [5, 5.41) is 2.78. The Morgan fingerprint density at radius 1 is 1.03 bits per heavy atom. The Morgan fingerprint density at radius 3 is 2.65 bits per heavy atom. The van der Waals surface area contributed by atoms with E-state index in [-0.39, 0.29) is 10.8 Å². The highest BCUT2D eigenvalue weighted by atomic mass is 32.2. The normalized spacial score (nSPS) is 13.0. The van der Waals surface area contributed by atoms with Gasteiger partial charge in [-0.3, -0.25) is 9.10 Å². The Labute approximate surface area is 182 Å². The lowest BCUT2D eigenvalue weighted by atomic mass is 10.2. The molecule has 1 heterocycles. The number of hydrogen-bond donors (Lipinski definition) is 1. The van der Waals surface area contributed by atoms with Crippen molar-refractivity contribution in [2.24, 2.45) is 0 Å². The highest BCUT2D eigenvalue weighted by Crippen LogP contribution is 2.32. The summed E-state index contributed by atoms with van der Waals surface area (Å²) in [5.74, 6) is 0.433. The summed E-state index contributed by atoms with van der Waals surface area (Å²) in [7, 11) is -3.75. The van der Waals surface area contributed by atoms with Gasteiger partial charge in [-0.2, -0.15) is 0 Å². The van der Waals surface area contributed by atoms with Gasteiger partial charge in [0.15, 0.2) is 0 Å². The van der Waals surface area contributed by atoms with E-state index in [2.05, 4.69) is 5.32 Å². The molecule has 0 aromatic heterocycles. The maximum Gasteiger partial charge on any atom is 0.264 e. The van der Waals surface area contributed by atoms with Crippen LogP contribution < -0.4 is 14.4 Å². The van der Waals surface area contributed by atoms with E-state index in [0.29, 0.717) is 37.4 Å². The Bertz CT molecular complexity index is 1210. The number of fused-ring (bicyclic) bond motifs is 1. The molecule has 0 saturated carbocycles. The molecule has 0 unspecified atom stereocenters. The smallest absolute Gasteiger partial charge is 0.264 e. The van der Waals surface area contributed by atoms with Crippen molar-refractivity contribution in [3.8, 4) is 5.75 Å². The molecule has 6 nitrogen and oxygen atoms in total. The van der Waals surface area contributed by atoms with Crippen LogP contribution in [0.2, 0.25) is 0 Å². The number of benzene rings is 3. The maximum absolute atomic E-state index is 13.2. The SMILES string of the molecule is Cc1ccccc1OCCNC(=O)c1cccc(S(=O)(=O)N2CCc3ccccc32)c1. The van der Waals surface area contributed by atoms with Crippen molar-refractivity contribution in [3.63, 3.8) is 0 Å². The van der Waals surface area contributed by atoms with Gasteiger partial charge in [0.1, 0.15) is 12.4 Å². The van der Waals surface area contributed by atoms with E-state index in [0.717, 1.165) is 16.9 Å². The maximum atomic E-state index is 13.2. The molecule has 31 heavy (non-hydrogen) atoms. The van der Waals surface area contributed by atoms with Gasteiger partial charge in [0.25, 0.3) is 15.9 Å². The lowest BCUT2D eigenvalue weighted by Crippen LogP contribution is -2.30. The molecule has 0 saturated heterocycles. The minimum absolute atomic E-state index is 0.105. The number of sulfonamides is 1. The van der Waals surface area contributed by atoms with Gasteiger partial charge in [0, 0.05) is 12.1 Å². The Morgan fingerprint density at radius 2 is 1.81 bits per heavy atom. The highest BCUT2D eigenvalue weighted by Gasteiger charge is 2.30. The number of hydrogen-bond acceptors (Lipinski definition) is 4. The fourth-order valence-electron chi connectivity index (χ4n) is 3.63. The predicted molar refractivity (Wildman–Crippen MR) is 120 cm³/mol. The second-order valence-corrected chi connectivity index (χ2v) is 9.22. The zero-order chi connectivity index (χ0) is 21.8. The first-order valence-electron chi connectivity index (χ1n) is 10.1. The minimum atomic E-state index is -3.75. The molecule has 0 aliphatic carbocycles. The summed E-state index contributed by atoms with van der Waals surface area (Å²) in [6.07, 6.45) is 0.677. The van der Waals surface area contributed by atoms with Gasteiger partial charge in [-0.05, 0) is 54.8 Å². The number of nitrogens with one attached hydrogen (secondary N) is 1. The summed E-state index contributed by atoms with van der Waals surface area (Å²) >= 11 is 0. The zero-order valence-electron chi connectivity index (χ0n) is 17.2. The molecule has 1 aliphatic heterocycles. The number of carbonyl (C=O) groups is 1. The highest BCUT2D eigenvalue weighted by molar-refractivity contribution is 7.92. The lowest BCUT2D eigenvalue weighted by Gasteiger charge is -2.20. The van der Waals surface area contributed by atoms with E-state index in [1.807, 2.05) is 55.5 Å². The number of rotatable bonds is 7. The van der Waals surface area contributed by atoms with Crippen molar-refractivity contribution < 1.29 is 17.9 Å². The predicted octanol–water partition coefficient (Wildman–Crippen LogP) is 3.56. The van der Waals surface area contributed by atoms with Gasteiger partial charge >= 0.3 is 0 Å². The fraction of sp³-hybridized carbons (Fsp3) is 0.208. The molecule has 3 aromatic rings. The van der Waals surface area contributed by atoms with E-state index < -0.39 is 10.0 Å². The third-order valence-corrected chi connectivity index (χ3v) is 7.08. The van der Waals surface area contributed by atoms with Crippen LogP contribution in [0.15, 0.2) is 77.7 Å². The van der Waals surface area contributed by atoms with E-state index in [4.69, 9.17) is 4.74 Å². The van der Waals surface area contributed by atoms with Crippen LogP contribution in [-0.4, -0.2) is 34.0 Å². The second kappa shape index (κ2) is 8.81. The van der Waals surface area contributed by atoms with Gasteiger partial charge in [-0.1, -0.05) is 42.5 Å². The molecule has 3 aromatic carbocycles. The van der Waals surface area contributed by atoms with Gasteiger partial charge < -0.3 is 10.1 Å². The van der Waals surface area contributed by atoms with Crippen molar-refractivity contribution in [1.29, 1.82) is 0 Å². The van der Waals surface area contributed by atoms with Crippen LogP contribution in [0.4, 0.5) is 5.69 Å². The van der Waals surface area contributed by atoms with Gasteiger partial charge in [-0.25, -0.2) is 8.42 Å². The Hall–Kier alpha value is -3.32. The standard InChI is InChI=1S/C24H24N2O4S/c1-18-7-2-5-12-23(18)30-16-14-25-24(27)20-9-6-10-21(17-20)31(28,29)26-15-13-19-8-3-4-11-22(19)26/h2-12,17H,13-16H2,1H3,(H,25,27).